The summed E-state index contributed by atoms with van der Waals surface area (Å²) in [6.45, 7) is 5.29. The van der Waals surface area contributed by atoms with E-state index in [2.05, 4.69) is 4.72 Å². The van der Waals surface area contributed by atoms with Crippen LogP contribution in [0.25, 0.3) is 0 Å². The van der Waals surface area contributed by atoms with Gasteiger partial charge in [0.05, 0.1) is 4.90 Å². The molecule has 1 aromatic carbocycles. The van der Waals surface area contributed by atoms with Crippen molar-refractivity contribution in [3.8, 4) is 0 Å². The zero-order valence-electron chi connectivity index (χ0n) is 14.7. The number of unbranched alkanes of at least 4 members (excludes halogenated alkanes) is 1. The number of carbonyl (C=O) groups is 2. The largest absolute Gasteiger partial charge is 0.480 e. The first kappa shape index (κ1) is 19.4. The second-order valence-electron chi connectivity index (χ2n) is 6.39. The number of nitrogens with zero attached hydrogens (tertiary/aromatic N) is 1. The predicted octanol–water partition coefficient (Wildman–Crippen LogP) is 1.91. The number of hydrogen-bond donors (Lipinski definition) is 2. The van der Waals surface area contributed by atoms with E-state index in [0.29, 0.717) is 18.5 Å². The molecule has 1 amide bonds. The van der Waals surface area contributed by atoms with Crippen molar-refractivity contribution in [2.45, 2.75) is 63.4 Å². The van der Waals surface area contributed by atoms with E-state index >= 15 is 0 Å². The molecule has 7 nitrogen and oxygen atoms in total. The summed E-state index contributed by atoms with van der Waals surface area (Å²) in [6.07, 6.45) is 2.21. The van der Waals surface area contributed by atoms with E-state index in [-0.39, 0.29) is 23.3 Å². The quantitative estimate of drug-likeness (QED) is 0.765. The molecule has 0 saturated carbocycles. The van der Waals surface area contributed by atoms with Gasteiger partial charge in [-0.1, -0.05) is 19.8 Å². The number of sulfonamides is 1. The Bertz CT molecular complexity index is 775. The summed E-state index contributed by atoms with van der Waals surface area (Å²) in [5, 5.41) is 9.22. The van der Waals surface area contributed by atoms with Gasteiger partial charge in [-0.2, -0.15) is 4.72 Å². The number of carboxylic acids is 1. The van der Waals surface area contributed by atoms with Gasteiger partial charge in [0.15, 0.2) is 0 Å². The molecule has 1 aromatic rings. The van der Waals surface area contributed by atoms with Gasteiger partial charge in [0.2, 0.25) is 15.9 Å². The Labute approximate surface area is 148 Å². The maximum Gasteiger partial charge on any atom is 0.321 e. The lowest BCUT2D eigenvalue weighted by atomic mass is 10.1. The molecule has 1 aliphatic rings. The molecule has 0 aliphatic carbocycles. The maximum absolute atomic E-state index is 12.6. The number of nitrogens with one attached hydrogen (secondary N) is 1. The van der Waals surface area contributed by atoms with E-state index in [1.165, 1.54) is 19.1 Å². The second kappa shape index (κ2) is 7.53. The molecule has 0 saturated heterocycles. The first-order chi connectivity index (χ1) is 11.7. The van der Waals surface area contributed by atoms with Crippen molar-refractivity contribution in [2.75, 3.05) is 4.90 Å². The van der Waals surface area contributed by atoms with Gasteiger partial charge in [0.25, 0.3) is 0 Å². The lowest BCUT2D eigenvalue weighted by Gasteiger charge is -2.20. The molecule has 0 spiro atoms. The Hall–Kier alpha value is -1.93. The third-order valence-electron chi connectivity index (χ3n) is 4.36. The van der Waals surface area contributed by atoms with Crippen LogP contribution in [0.1, 0.15) is 45.6 Å². The van der Waals surface area contributed by atoms with E-state index < -0.39 is 22.0 Å². The van der Waals surface area contributed by atoms with Crippen LogP contribution in [0, 0.1) is 0 Å². The smallest absolute Gasteiger partial charge is 0.321 e. The minimum atomic E-state index is -3.95. The highest BCUT2D eigenvalue weighted by Gasteiger charge is 2.31. The molecule has 1 aliphatic heterocycles. The van der Waals surface area contributed by atoms with E-state index in [1.54, 1.807) is 11.0 Å². The molecule has 25 heavy (non-hydrogen) atoms. The highest BCUT2D eigenvalue weighted by atomic mass is 32.2. The Balaban J connectivity index is 2.28. The van der Waals surface area contributed by atoms with Gasteiger partial charge < -0.3 is 10.0 Å². The summed E-state index contributed by atoms with van der Waals surface area (Å²) in [5.41, 5.74) is 1.48. The Morgan fingerprint density at radius 2 is 2.08 bits per heavy atom. The molecule has 2 rings (SSSR count). The average Bonchev–Trinajstić information content (AvgIpc) is 2.85. The third-order valence-corrected chi connectivity index (χ3v) is 5.83. The third kappa shape index (κ3) is 4.19. The van der Waals surface area contributed by atoms with Crippen molar-refractivity contribution in [1.82, 2.24) is 4.72 Å². The number of hydrogen-bond acceptors (Lipinski definition) is 4. The highest BCUT2D eigenvalue weighted by molar-refractivity contribution is 7.89. The van der Waals surface area contributed by atoms with Crippen LogP contribution in [0.15, 0.2) is 23.1 Å². The fourth-order valence-electron chi connectivity index (χ4n) is 3.15. The number of carbonyl (C=O) groups excluding carboxylic acids is 1. The number of rotatable bonds is 7. The minimum absolute atomic E-state index is 0.0200. The standard InChI is InChI=1S/C17H24N2O5S/c1-4-5-6-15(17(21)22)18-25(23,24)14-7-8-16-13(10-14)9-11(2)19(16)12(3)20/h7-8,10-11,15,18H,4-6,9H2,1-3H3,(H,21,22). The number of amides is 1. The van der Waals surface area contributed by atoms with Crippen LogP contribution in [-0.2, 0) is 26.0 Å². The van der Waals surface area contributed by atoms with E-state index in [9.17, 15) is 23.1 Å². The first-order valence-electron chi connectivity index (χ1n) is 8.35. The van der Waals surface area contributed by atoms with E-state index in [1.807, 2.05) is 13.8 Å². The van der Waals surface area contributed by atoms with Gasteiger partial charge in [-0.3, -0.25) is 9.59 Å². The molecule has 8 heteroatoms. The van der Waals surface area contributed by atoms with Crippen molar-refractivity contribution in [3.63, 3.8) is 0 Å². The summed E-state index contributed by atoms with van der Waals surface area (Å²) in [7, 11) is -3.95. The van der Waals surface area contributed by atoms with Crippen molar-refractivity contribution in [3.05, 3.63) is 23.8 Å². The van der Waals surface area contributed by atoms with Gasteiger partial charge in [-0.25, -0.2) is 8.42 Å². The van der Waals surface area contributed by atoms with E-state index in [0.717, 1.165) is 12.0 Å². The Morgan fingerprint density at radius 1 is 1.40 bits per heavy atom. The zero-order valence-corrected chi connectivity index (χ0v) is 15.5. The fraction of sp³-hybridized carbons (Fsp3) is 0.529. The molecule has 2 unspecified atom stereocenters. The molecule has 2 atom stereocenters. The van der Waals surface area contributed by atoms with Crippen molar-refractivity contribution in [2.24, 2.45) is 0 Å². The molecule has 0 bridgehead atoms. The van der Waals surface area contributed by atoms with Crippen LogP contribution in [0.3, 0.4) is 0 Å². The molecule has 0 radical (unpaired) electrons. The van der Waals surface area contributed by atoms with Gasteiger partial charge in [-0.15, -0.1) is 0 Å². The second-order valence-corrected chi connectivity index (χ2v) is 8.10. The number of benzene rings is 1. The Morgan fingerprint density at radius 3 is 2.64 bits per heavy atom. The molecular weight excluding hydrogens is 344 g/mol. The van der Waals surface area contributed by atoms with Crippen molar-refractivity contribution < 1.29 is 23.1 Å². The number of carboxylic acid groups (broad SMARTS) is 1. The lowest BCUT2D eigenvalue weighted by Crippen LogP contribution is -2.40. The normalized spacial score (nSPS) is 18.0. The van der Waals surface area contributed by atoms with Gasteiger partial charge in [-0.05, 0) is 43.5 Å². The summed E-state index contributed by atoms with van der Waals surface area (Å²) in [5.74, 6) is -1.28. The van der Waals surface area contributed by atoms with Crippen molar-refractivity contribution >= 4 is 27.6 Å². The Kier molecular flexibility index (Phi) is 5.84. The zero-order chi connectivity index (χ0) is 18.8. The minimum Gasteiger partial charge on any atom is -0.480 e. The van der Waals surface area contributed by atoms with Crippen LogP contribution in [-0.4, -0.2) is 37.5 Å². The van der Waals surface area contributed by atoms with Crippen molar-refractivity contribution in [1.29, 1.82) is 0 Å². The van der Waals surface area contributed by atoms with Gasteiger partial charge in [0.1, 0.15) is 6.04 Å². The SMILES string of the molecule is CCCCC(NS(=O)(=O)c1ccc2c(c1)CC(C)N2C(C)=O)C(=O)O. The molecule has 1 heterocycles. The fourth-order valence-corrected chi connectivity index (χ4v) is 4.42. The van der Waals surface area contributed by atoms with Gasteiger partial charge in [0, 0.05) is 18.7 Å². The van der Waals surface area contributed by atoms with Crippen LogP contribution >= 0.6 is 0 Å². The lowest BCUT2D eigenvalue weighted by molar-refractivity contribution is -0.139. The molecule has 0 aromatic heterocycles. The number of anilines is 1. The molecule has 138 valence electrons. The monoisotopic (exact) mass is 368 g/mol. The topological polar surface area (TPSA) is 104 Å². The van der Waals surface area contributed by atoms with Gasteiger partial charge >= 0.3 is 5.97 Å². The number of fused-ring (bicyclic) bond motifs is 1. The first-order valence-corrected chi connectivity index (χ1v) is 9.83. The highest BCUT2D eigenvalue weighted by Crippen LogP contribution is 2.33. The molecule has 0 fully saturated rings. The van der Waals surface area contributed by atoms with E-state index in [4.69, 9.17) is 0 Å². The summed E-state index contributed by atoms with van der Waals surface area (Å²) in [4.78, 5) is 24.7. The maximum atomic E-state index is 12.6. The van der Waals surface area contributed by atoms with Crippen LogP contribution in [0.5, 0.6) is 0 Å². The molecular formula is C17H24N2O5S. The van der Waals surface area contributed by atoms with Crippen LogP contribution < -0.4 is 9.62 Å². The van der Waals surface area contributed by atoms with Crippen LogP contribution in [0.4, 0.5) is 5.69 Å². The summed E-state index contributed by atoms with van der Waals surface area (Å²) < 4.78 is 27.4. The molecule has 2 N–H and O–H groups in total. The van der Waals surface area contributed by atoms with Crippen LogP contribution in [0.2, 0.25) is 0 Å². The summed E-state index contributed by atoms with van der Waals surface area (Å²) in [6, 6.07) is 3.36. The average molecular weight is 368 g/mol. The predicted molar refractivity (Wildman–Crippen MR) is 94.0 cm³/mol. The number of aliphatic carboxylic acids is 1. The summed E-state index contributed by atoms with van der Waals surface area (Å²) >= 11 is 0.